The molecule has 1 aliphatic rings. The Hall–Kier alpha value is -3.50. The molecule has 0 bridgehead atoms. The number of rotatable bonds is 7. The van der Waals surface area contributed by atoms with Gasteiger partial charge >= 0.3 is 0 Å². The number of thiocarbonyl (C=S) groups is 1. The largest absolute Gasteiger partial charge is 0.871 e. The maximum absolute atomic E-state index is 12.7. The molecule has 0 saturated carbocycles. The van der Waals surface area contributed by atoms with Gasteiger partial charge in [0.15, 0.2) is 0 Å². The summed E-state index contributed by atoms with van der Waals surface area (Å²) in [4.78, 5) is 36.9. The van der Waals surface area contributed by atoms with E-state index < -0.39 is 16.6 Å². The molecule has 2 aromatic carbocycles. The Morgan fingerprint density at radius 3 is 2.66 bits per heavy atom. The van der Waals surface area contributed by atoms with E-state index >= 15 is 0 Å². The van der Waals surface area contributed by atoms with Crippen molar-refractivity contribution in [2.24, 2.45) is 0 Å². The van der Waals surface area contributed by atoms with Crippen molar-refractivity contribution in [3.05, 3.63) is 80.8 Å². The zero-order valence-electron chi connectivity index (χ0n) is 16.9. The van der Waals surface area contributed by atoms with Crippen molar-refractivity contribution in [2.45, 2.75) is 13.3 Å². The number of non-ortho nitro benzene ring substituents is 1. The summed E-state index contributed by atoms with van der Waals surface area (Å²) in [7, 11) is 0. The molecule has 10 heteroatoms. The first kappa shape index (κ1) is 23.2. The van der Waals surface area contributed by atoms with Crippen LogP contribution in [0.5, 0.6) is 5.75 Å². The van der Waals surface area contributed by atoms with Crippen molar-refractivity contribution in [3.8, 4) is 5.75 Å². The van der Waals surface area contributed by atoms with Crippen LogP contribution in [0.4, 0.5) is 11.4 Å². The van der Waals surface area contributed by atoms with Crippen LogP contribution in [0.2, 0.25) is 0 Å². The minimum atomic E-state index is -0.657. The van der Waals surface area contributed by atoms with Gasteiger partial charge in [-0.15, -0.1) is 0 Å². The second kappa shape index (κ2) is 10.2. The van der Waals surface area contributed by atoms with E-state index in [1.54, 1.807) is 6.08 Å². The molecule has 1 saturated heterocycles. The van der Waals surface area contributed by atoms with E-state index in [0.717, 1.165) is 41.1 Å². The van der Waals surface area contributed by atoms with Crippen molar-refractivity contribution in [1.29, 1.82) is 0 Å². The predicted molar refractivity (Wildman–Crippen MR) is 126 cm³/mol. The Kier molecular flexibility index (Phi) is 7.39. The van der Waals surface area contributed by atoms with Crippen LogP contribution >= 0.6 is 24.0 Å². The molecule has 3 rings (SSSR count). The molecule has 1 fully saturated rings. The Labute approximate surface area is 193 Å². The van der Waals surface area contributed by atoms with Gasteiger partial charge in [-0.05, 0) is 24.1 Å². The molecule has 2 amide bonds. The third-order valence-corrected chi connectivity index (χ3v) is 5.81. The number of nitrogens with one attached hydrogen (secondary N) is 1. The average molecular weight is 469 g/mol. The Morgan fingerprint density at radius 1 is 1.25 bits per heavy atom. The van der Waals surface area contributed by atoms with E-state index in [1.807, 2.05) is 43.3 Å². The third-order valence-electron chi connectivity index (χ3n) is 4.44. The minimum Gasteiger partial charge on any atom is -0.871 e. The fourth-order valence-electron chi connectivity index (χ4n) is 2.91. The quantitative estimate of drug-likeness (QED) is 0.284. The zero-order valence-corrected chi connectivity index (χ0v) is 18.6. The summed E-state index contributed by atoms with van der Waals surface area (Å²) in [6.45, 7) is 1.91. The van der Waals surface area contributed by atoms with Gasteiger partial charge in [-0.3, -0.25) is 24.6 Å². The lowest BCUT2D eigenvalue weighted by Gasteiger charge is -2.16. The number of carbonyl (C=O) groups excluding carboxylic acids is 2. The monoisotopic (exact) mass is 468 g/mol. The van der Waals surface area contributed by atoms with E-state index in [9.17, 15) is 24.8 Å². The molecule has 0 unspecified atom stereocenters. The summed E-state index contributed by atoms with van der Waals surface area (Å²) < 4.78 is 0.335. The molecule has 0 aromatic heterocycles. The fourth-order valence-corrected chi connectivity index (χ4v) is 4.27. The SMILES string of the molecule is CC(=Cc1ccccc1)/C=C1\SC(=S)N(CCC(=O)Nc2cc([N+](=O)[O-])ccc2[O-])C1=O. The molecule has 1 N–H and O–H groups in total. The molecule has 1 aliphatic heterocycles. The summed E-state index contributed by atoms with van der Waals surface area (Å²) >= 11 is 6.43. The number of allylic oxidation sites excluding steroid dienone is 2. The molecule has 0 spiro atoms. The maximum atomic E-state index is 12.7. The van der Waals surface area contributed by atoms with Gasteiger partial charge in [0.1, 0.15) is 4.32 Å². The van der Waals surface area contributed by atoms with Crippen molar-refractivity contribution >= 4 is 57.6 Å². The highest BCUT2D eigenvalue weighted by atomic mass is 32.2. The predicted octanol–water partition coefficient (Wildman–Crippen LogP) is 3.84. The van der Waals surface area contributed by atoms with Gasteiger partial charge < -0.3 is 10.4 Å². The van der Waals surface area contributed by atoms with Gasteiger partial charge in [0.05, 0.1) is 9.83 Å². The first-order chi connectivity index (χ1) is 15.2. The summed E-state index contributed by atoms with van der Waals surface area (Å²) in [5.41, 5.74) is 1.40. The Balaban J connectivity index is 1.62. The van der Waals surface area contributed by atoms with Gasteiger partial charge in [0.2, 0.25) is 5.91 Å². The van der Waals surface area contributed by atoms with Gasteiger partial charge in [-0.1, -0.05) is 72.2 Å². The van der Waals surface area contributed by atoms with E-state index in [-0.39, 0.29) is 30.2 Å². The van der Waals surface area contributed by atoms with E-state index in [4.69, 9.17) is 12.2 Å². The van der Waals surface area contributed by atoms with Crippen LogP contribution < -0.4 is 10.4 Å². The van der Waals surface area contributed by atoms with Crippen molar-refractivity contribution in [1.82, 2.24) is 4.90 Å². The number of nitrogens with zero attached hydrogens (tertiary/aromatic N) is 2. The third kappa shape index (κ3) is 5.80. The first-order valence-electron chi connectivity index (χ1n) is 9.48. The summed E-state index contributed by atoms with van der Waals surface area (Å²) in [5, 5.41) is 25.0. The lowest BCUT2D eigenvalue weighted by Crippen LogP contribution is -2.31. The van der Waals surface area contributed by atoms with Gasteiger partial charge in [-0.25, -0.2) is 0 Å². The molecule has 164 valence electrons. The van der Waals surface area contributed by atoms with E-state index in [1.165, 1.54) is 4.90 Å². The second-order valence-electron chi connectivity index (χ2n) is 6.87. The Bertz CT molecular complexity index is 1150. The van der Waals surface area contributed by atoms with Crippen LogP contribution in [0.1, 0.15) is 18.9 Å². The molecule has 0 aliphatic carbocycles. The second-order valence-corrected chi connectivity index (χ2v) is 8.54. The van der Waals surface area contributed by atoms with Crippen LogP contribution in [-0.2, 0) is 9.59 Å². The highest BCUT2D eigenvalue weighted by molar-refractivity contribution is 8.26. The number of hydrogen-bond donors (Lipinski definition) is 1. The molecule has 0 atom stereocenters. The van der Waals surface area contributed by atoms with Crippen molar-refractivity contribution in [2.75, 3.05) is 11.9 Å². The van der Waals surface area contributed by atoms with Gasteiger partial charge in [0.25, 0.3) is 11.6 Å². The maximum Gasteiger partial charge on any atom is 0.271 e. The standard InChI is InChI=1S/C22H19N3O5S2/c1-14(11-15-5-3-2-4-6-15)12-19-21(28)24(22(31)32-19)10-9-20(27)23-17-13-16(25(29)30)7-8-18(17)26/h2-8,11-13,26H,9-10H2,1H3,(H,23,27)/p-1/b14-11?,19-12-. The number of hydrogen-bond acceptors (Lipinski definition) is 7. The fraction of sp³-hybridized carbons (Fsp3) is 0.136. The highest BCUT2D eigenvalue weighted by Crippen LogP contribution is 2.32. The smallest absolute Gasteiger partial charge is 0.271 e. The first-order valence-corrected chi connectivity index (χ1v) is 10.7. The number of nitro benzene ring substituents is 1. The topological polar surface area (TPSA) is 116 Å². The van der Waals surface area contributed by atoms with Crippen molar-refractivity contribution in [3.63, 3.8) is 0 Å². The number of benzene rings is 2. The highest BCUT2D eigenvalue weighted by Gasteiger charge is 2.32. The van der Waals surface area contributed by atoms with Crippen LogP contribution in [0.3, 0.4) is 0 Å². The van der Waals surface area contributed by atoms with E-state index in [2.05, 4.69) is 5.32 Å². The van der Waals surface area contributed by atoms with Gasteiger partial charge in [-0.2, -0.15) is 0 Å². The van der Waals surface area contributed by atoms with Gasteiger partial charge in [0, 0.05) is 30.8 Å². The number of anilines is 1. The molecular weight excluding hydrogens is 450 g/mol. The molecule has 1 heterocycles. The van der Waals surface area contributed by atoms with Crippen LogP contribution in [0.25, 0.3) is 6.08 Å². The van der Waals surface area contributed by atoms with Crippen LogP contribution in [0, 0.1) is 10.1 Å². The summed E-state index contributed by atoms with van der Waals surface area (Å²) in [6, 6.07) is 12.8. The zero-order chi connectivity index (χ0) is 23.3. The Morgan fingerprint density at radius 2 is 1.97 bits per heavy atom. The van der Waals surface area contributed by atoms with Crippen LogP contribution in [0.15, 0.2) is 65.1 Å². The summed E-state index contributed by atoms with van der Waals surface area (Å²) in [6.07, 6.45) is 3.57. The lowest BCUT2D eigenvalue weighted by atomic mass is 10.1. The lowest BCUT2D eigenvalue weighted by molar-refractivity contribution is -0.385. The number of thioether (sulfide) groups is 1. The summed E-state index contributed by atoms with van der Waals surface area (Å²) in [5.74, 6) is -1.40. The number of nitro groups is 1. The molecule has 8 nitrogen and oxygen atoms in total. The minimum absolute atomic E-state index is 0.0262. The normalized spacial score (nSPS) is 15.3. The molecule has 0 radical (unpaired) electrons. The van der Waals surface area contributed by atoms with E-state index in [0.29, 0.717) is 9.23 Å². The van der Waals surface area contributed by atoms with Crippen molar-refractivity contribution < 1.29 is 19.6 Å². The number of amides is 2. The molecule has 2 aromatic rings. The average Bonchev–Trinajstić information content (AvgIpc) is 3.01. The van der Waals surface area contributed by atoms with Crippen LogP contribution in [-0.4, -0.2) is 32.5 Å². The molecule has 32 heavy (non-hydrogen) atoms. The molecular formula is C22H18N3O5S2-. The number of carbonyl (C=O) groups is 2.